The predicted octanol–water partition coefficient (Wildman–Crippen LogP) is 3.70. The molecule has 0 aromatic carbocycles. The van der Waals surface area contributed by atoms with E-state index in [-0.39, 0.29) is 0 Å². The number of rotatable bonds is 2. The van der Waals surface area contributed by atoms with E-state index >= 15 is 0 Å². The fourth-order valence-corrected chi connectivity index (χ4v) is 3.87. The maximum absolute atomic E-state index is 5.70. The Morgan fingerprint density at radius 1 is 1.00 bits per heavy atom. The minimum absolute atomic E-state index is 0.592. The molecule has 0 bridgehead atoms. The Hall–Kier alpha value is -1.92. The molecule has 4 heterocycles. The average molecular weight is 302 g/mol. The van der Waals surface area contributed by atoms with Crippen LogP contribution in [-0.2, 0) is 0 Å². The second kappa shape index (κ2) is 4.88. The summed E-state index contributed by atoms with van der Waals surface area (Å²) in [7, 11) is 0. The van der Waals surface area contributed by atoms with Gasteiger partial charge in [0.05, 0.1) is 5.69 Å². The standard InChI is InChI=1S/C14H10N2O2S2/c1-2-4-15-9(3-1)10-7-20-14(16-10)13-12-11(8-19-13)17-5-6-18-12/h1-4,7-8H,5-6H2. The lowest BCUT2D eigenvalue weighted by Gasteiger charge is -2.15. The number of hydrogen-bond donors (Lipinski definition) is 0. The topological polar surface area (TPSA) is 44.2 Å². The highest BCUT2D eigenvalue weighted by Crippen LogP contribution is 2.46. The van der Waals surface area contributed by atoms with Gasteiger partial charge in [-0.3, -0.25) is 4.98 Å². The normalized spacial score (nSPS) is 13.4. The Morgan fingerprint density at radius 2 is 1.95 bits per heavy atom. The summed E-state index contributed by atoms with van der Waals surface area (Å²) in [5.74, 6) is 1.65. The molecular weight excluding hydrogens is 292 g/mol. The van der Waals surface area contributed by atoms with Crippen molar-refractivity contribution in [1.82, 2.24) is 9.97 Å². The molecule has 6 heteroatoms. The second-order valence-electron chi connectivity index (χ2n) is 4.21. The number of thiazole rings is 1. The zero-order valence-electron chi connectivity index (χ0n) is 10.4. The van der Waals surface area contributed by atoms with Crippen molar-refractivity contribution in [2.75, 3.05) is 13.2 Å². The first kappa shape index (κ1) is 11.9. The van der Waals surface area contributed by atoms with Crippen LogP contribution in [0.2, 0.25) is 0 Å². The summed E-state index contributed by atoms with van der Waals surface area (Å²) >= 11 is 3.20. The van der Waals surface area contributed by atoms with E-state index in [1.165, 1.54) is 0 Å². The predicted molar refractivity (Wildman–Crippen MR) is 79.6 cm³/mol. The molecule has 0 aliphatic carbocycles. The van der Waals surface area contributed by atoms with E-state index in [9.17, 15) is 0 Å². The number of ether oxygens (including phenoxy) is 2. The third kappa shape index (κ3) is 1.97. The summed E-state index contributed by atoms with van der Waals surface area (Å²) in [5.41, 5.74) is 1.78. The maximum atomic E-state index is 5.70. The van der Waals surface area contributed by atoms with Crippen LogP contribution in [0.15, 0.2) is 35.2 Å². The molecule has 0 radical (unpaired) electrons. The van der Waals surface area contributed by atoms with E-state index in [1.54, 1.807) is 28.9 Å². The number of pyridine rings is 1. The van der Waals surface area contributed by atoms with Gasteiger partial charge in [0.1, 0.15) is 28.8 Å². The van der Waals surface area contributed by atoms with E-state index in [4.69, 9.17) is 9.47 Å². The fourth-order valence-electron chi connectivity index (χ4n) is 2.02. The van der Waals surface area contributed by atoms with Crippen molar-refractivity contribution in [3.63, 3.8) is 0 Å². The minimum Gasteiger partial charge on any atom is -0.485 e. The Kier molecular flexibility index (Phi) is 2.90. The molecule has 0 saturated heterocycles. The van der Waals surface area contributed by atoms with Crippen molar-refractivity contribution < 1.29 is 9.47 Å². The number of thiophene rings is 1. The highest BCUT2D eigenvalue weighted by molar-refractivity contribution is 7.20. The molecule has 0 amide bonds. The van der Waals surface area contributed by atoms with Crippen LogP contribution in [0.3, 0.4) is 0 Å². The first-order chi connectivity index (χ1) is 9.92. The number of fused-ring (bicyclic) bond motifs is 1. The molecule has 4 rings (SSSR count). The van der Waals surface area contributed by atoms with Gasteiger partial charge in [0.25, 0.3) is 0 Å². The maximum Gasteiger partial charge on any atom is 0.182 e. The monoisotopic (exact) mass is 302 g/mol. The molecule has 1 aliphatic heterocycles. The zero-order chi connectivity index (χ0) is 13.4. The summed E-state index contributed by atoms with van der Waals surface area (Å²) in [6, 6.07) is 5.82. The van der Waals surface area contributed by atoms with E-state index < -0.39 is 0 Å². The third-order valence-corrected chi connectivity index (χ3v) is 4.86. The van der Waals surface area contributed by atoms with Crippen molar-refractivity contribution in [2.45, 2.75) is 0 Å². The van der Waals surface area contributed by atoms with Gasteiger partial charge in [0.2, 0.25) is 0 Å². The van der Waals surface area contributed by atoms with Crippen molar-refractivity contribution in [3.8, 4) is 32.8 Å². The van der Waals surface area contributed by atoms with Crippen molar-refractivity contribution in [1.29, 1.82) is 0 Å². The first-order valence-corrected chi connectivity index (χ1v) is 7.92. The molecule has 0 unspecified atom stereocenters. The molecule has 0 saturated carbocycles. The molecular formula is C14H10N2O2S2. The molecule has 3 aromatic rings. The van der Waals surface area contributed by atoms with Gasteiger partial charge in [-0.2, -0.15) is 0 Å². The minimum atomic E-state index is 0.592. The van der Waals surface area contributed by atoms with E-state index in [1.807, 2.05) is 29.0 Å². The number of aromatic nitrogens is 2. The van der Waals surface area contributed by atoms with Gasteiger partial charge in [0.15, 0.2) is 11.5 Å². The van der Waals surface area contributed by atoms with Crippen LogP contribution in [0.25, 0.3) is 21.3 Å². The molecule has 0 fully saturated rings. The highest BCUT2D eigenvalue weighted by atomic mass is 32.1. The lowest BCUT2D eigenvalue weighted by atomic mass is 10.3. The second-order valence-corrected chi connectivity index (χ2v) is 5.95. The van der Waals surface area contributed by atoms with Gasteiger partial charge >= 0.3 is 0 Å². The molecule has 100 valence electrons. The van der Waals surface area contributed by atoms with Gasteiger partial charge < -0.3 is 9.47 Å². The largest absolute Gasteiger partial charge is 0.485 e. The third-order valence-electron chi connectivity index (χ3n) is 2.93. The number of nitrogens with zero attached hydrogens (tertiary/aromatic N) is 2. The molecule has 4 nitrogen and oxygen atoms in total. The Bertz CT molecular complexity index is 737. The summed E-state index contributed by atoms with van der Waals surface area (Å²) in [4.78, 5) is 10.0. The Morgan fingerprint density at radius 3 is 2.85 bits per heavy atom. The summed E-state index contributed by atoms with van der Waals surface area (Å²) in [6.45, 7) is 1.20. The van der Waals surface area contributed by atoms with Gasteiger partial charge in [-0.1, -0.05) is 6.07 Å². The average Bonchev–Trinajstić information content (AvgIpc) is 3.14. The molecule has 1 aliphatic rings. The van der Waals surface area contributed by atoms with E-state index in [0.717, 1.165) is 32.8 Å². The zero-order valence-corrected chi connectivity index (χ0v) is 12.0. The van der Waals surface area contributed by atoms with Gasteiger partial charge in [-0.15, -0.1) is 22.7 Å². The lowest BCUT2D eigenvalue weighted by molar-refractivity contribution is 0.174. The summed E-state index contributed by atoms with van der Waals surface area (Å²) < 4.78 is 11.3. The SMILES string of the molecule is c1ccc(-c2csc(-c3scc4c3OCCO4)n2)nc1. The van der Waals surface area contributed by atoms with Gasteiger partial charge in [-0.05, 0) is 12.1 Å². The summed E-state index contributed by atoms with van der Waals surface area (Å²) in [6.07, 6.45) is 1.78. The van der Waals surface area contributed by atoms with Crippen molar-refractivity contribution in [3.05, 3.63) is 35.2 Å². The summed E-state index contributed by atoms with van der Waals surface area (Å²) in [5, 5.41) is 4.95. The quantitative estimate of drug-likeness (QED) is 0.724. The lowest BCUT2D eigenvalue weighted by Crippen LogP contribution is -2.14. The van der Waals surface area contributed by atoms with Gasteiger partial charge in [0, 0.05) is 17.0 Å². The van der Waals surface area contributed by atoms with Crippen LogP contribution in [-0.4, -0.2) is 23.2 Å². The molecule has 0 atom stereocenters. The molecule has 0 N–H and O–H groups in total. The van der Waals surface area contributed by atoms with Crippen molar-refractivity contribution in [2.24, 2.45) is 0 Å². The van der Waals surface area contributed by atoms with E-state index in [2.05, 4.69) is 9.97 Å². The first-order valence-electron chi connectivity index (χ1n) is 6.16. The molecule has 3 aromatic heterocycles. The Labute approximate surface area is 123 Å². The smallest absolute Gasteiger partial charge is 0.182 e. The molecule has 20 heavy (non-hydrogen) atoms. The van der Waals surface area contributed by atoms with Crippen LogP contribution in [0, 0.1) is 0 Å². The Balaban J connectivity index is 1.74. The highest BCUT2D eigenvalue weighted by Gasteiger charge is 2.22. The van der Waals surface area contributed by atoms with Crippen LogP contribution in [0.1, 0.15) is 0 Å². The number of hydrogen-bond acceptors (Lipinski definition) is 6. The molecule has 0 spiro atoms. The van der Waals surface area contributed by atoms with Crippen LogP contribution < -0.4 is 9.47 Å². The fraction of sp³-hybridized carbons (Fsp3) is 0.143. The van der Waals surface area contributed by atoms with Gasteiger partial charge in [-0.25, -0.2) is 4.98 Å². The van der Waals surface area contributed by atoms with Crippen LogP contribution in [0.4, 0.5) is 0 Å². The van der Waals surface area contributed by atoms with Crippen LogP contribution >= 0.6 is 22.7 Å². The van der Waals surface area contributed by atoms with Crippen molar-refractivity contribution >= 4 is 22.7 Å². The van der Waals surface area contributed by atoms with Crippen LogP contribution in [0.5, 0.6) is 11.5 Å². The van der Waals surface area contributed by atoms with E-state index in [0.29, 0.717) is 13.2 Å².